The van der Waals surface area contributed by atoms with Crippen LogP contribution in [0.3, 0.4) is 0 Å². The largest absolute Gasteiger partial charge is 0.369 e. The molecule has 0 unspecified atom stereocenters. The van der Waals surface area contributed by atoms with Gasteiger partial charge in [0.25, 0.3) is 0 Å². The second-order valence-electron chi connectivity index (χ2n) is 3.65. The van der Waals surface area contributed by atoms with Crippen LogP contribution < -0.4 is 5.73 Å². The summed E-state index contributed by atoms with van der Waals surface area (Å²) < 4.78 is 1.95. The van der Waals surface area contributed by atoms with Crippen LogP contribution in [-0.2, 0) is 11.3 Å². The number of rotatable bonds is 6. The van der Waals surface area contributed by atoms with E-state index in [0.717, 1.165) is 5.82 Å². The number of nitrogens with two attached hydrogens (primary N) is 1. The van der Waals surface area contributed by atoms with Crippen molar-refractivity contribution in [2.24, 2.45) is 5.73 Å². The fraction of sp³-hybridized carbons (Fsp3) is 0.500. The maximum Gasteiger partial charge on any atom is 0.227 e. The summed E-state index contributed by atoms with van der Waals surface area (Å²) >= 11 is 1.30. The second kappa shape index (κ2) is 5.69. The molecule has 0 saturated carbocycles. The molecule has 5 nitrogen and oxygen atoms in total. The van der Waals surface area contributed by atoms with Gasteiger partial charge in [-0.1, -0.05) is 31.7 Å². The van der Waals surface area contributed by atoms with E-state index in [4.69, 9.17) is 5.73 Å². The highest BCUT2D eigenvalue weighted by atomic mass is 32.2. The number of allylic oxidation sites excluding steroid dienone is 1. The lowest BCUT2D eigenvalue weighted by Gasteiger charge is -2.08. The maximum absolute atomic E-state index is 10.7. The van der Waals surface area contributed by atoms with Crippen molar-refractivity contribution in [1.82, 2.24) is 14.8 Å². The maximum atomic E-state index is 10.7. The Bertz CT molecular complexity index is 386. The summed E-state index contributed by atoms with van der Waals surface area (Å²) in [5, 5.41) is 8.86. The second-order valence-corrected chi connectivity index (χ2v) is 4.59. The number of carbonyl (C=O) groups is 1. The minimum atomic E-state index is -0.357. The van der Waals surface area contributed by atoms with Gasteiger partial charge in [-0.15, -0.1) is 16.8 Å². The van der Waals surface area contributed by atoms with Gasteiger partial charge in [-0.05, 0) is 0 Å². The van der Waals surface area contributed by atoms with E-state index in [9.17, 15) is 4.79 Å². The molecule has 88 valence electrons. The minimum Gasteiger partial charge on any atom is -0.369 e. The molecule has 0 radical (unpaired) electrons. The van der Waals surface area contributed by atoms with Crippen molar-refractivity contribution >= 4 is 17.7 Å². The molecule has 0 fully saturated rings. The van der Waals surface area contributed by atoms with Gasteiger partial charge in [-0.3, -0.25) is 4.79 Å². The number of carbonyl (C=O) groups excluding carboxylic acids is 1. The Kier molecular flexibility index (Phi) is 4.54. The number of hydrogen-bond donors (Lipinski definition) is 1. The summed E-state index contributed by atoms with van der Waals surface area (Å²) in [6.45, 7) is 8.43. The molecule has 1 aromatic heterocycles. The summed E-state index contributed by atoms with van der Waals surface area (Å²) in [4.78, 5) is 10.7. The van der Waals surface area contributed by atoms with E-state index in [1.165, 1.54) is 11.8 Å². The monoisotopic (exact) mass is 240 g/mol. The van der Waals surface area contributed by atoms with Crippen molar-refractivity contribution in [1.29, 1.82) is 0 Å². The number of primary amides is 1. The van der Waals surface area contributed by atoms with Crippen LogP contribution in [0.25, 0.3) is 0 Å². The highest BCUT2D eigenvalue weighted by Crippen LogP contribution is 2.20. The zero-order chi connectivity index (χ0) is 12.1. The van der Waals surface area contributed by atoms with Crippen molar-refractivity contribution in [3.05, 3.63) is 18.5 Å². The molecule has 0 aliphatic rings. The van der Waals surface area contributed by atoms with Gasteiger partial charge in [0.15, 0.2) is 5.16 Å². The molecule has 1 heterocycles. The zero-order valence-electron chi connectivity index (χ0n) is 9.51. The number of hydrogen-bond acceptors (Lipinski definition) is 4. The predicted octanol–water partition coefficient (Wildman–Crippen LogP) is 1.16. The van der Waals surface area contributed by atoms with Gasteiger partial charge < -0.3 is 10.3 Å². The van der Waals surface area contributed by atoms with Crippen LogP contribution in [0.1, 0.15) is 25.6 Å². The lowest BCUT2D eigenvalue weighted by atomic mass is 10.2. The summed E-state index contributed by atoms with van der Waals surface area (Å²) in [6, 6.07) is 0. The Morgan fingerprint density at radius 3 is 2.81 bits per heavy atom. The van der Waals surface area contributed by atoms with Gasteiger partial charge in [-0.25, -0.2) is 0 Å². The van der Waals surface area contributed by atoms with E-state index in [-0.39, 0.29) is 17.6 Å². The van der Waals surface area contributed by atoms with Crippen LogP contribution in [0.2, 0.25) is 0 Å². The van der Waals surface area contributed by atoms with Gasteiger partial charge in [-0.2, -0.15) is 0 Å². The molecular formula is C10H16N4OS. The minimum absolute atomic E-state index is 0.216. The Morgan fingerprint density at radius 1 is 1.62 bits per heavy atom. The molecule has 0 aliphatic heterocycles. The third kappa shape index (κ3) is 3.10. The van der Waals surface area contributed by atoms with E-state index in [0.29, 0.717) is 11.7 Å². The van der Waals surface area contributed by atoms with E-state index in [2.05, 4.69) is 16.8 Å². The van der Waals surface area contributed by atoms with Gasteiger partial charge in [0, 0.05) is 12.5 Å². The third-order valence-electron chi connectivity index (χ3n) is 1.92. The first-order chi connectivity index (χ1) is 7.56. The predicted molar refractivity (Wildman–Crippen MR) is 64.2 cm³/mol. The van der Waals surface area contributed by atoms with E-state index in [1.54, 1.807) is 6.08 Å². The van der Waals surface area contributed by atoms with E-state index in [1.807, 2.05) is 18.4 Å². The van der Waals surface area contributed by atoms with Crippen molar-refractivity contribution in [2.45, 2.75) is 31.5 Å². The Balaban J connectivity index is 2.90. The quantitative estimate of drug-likeness (QED) is 0.598. The molecule has 1 amide bonds. The lowest BCUT2D eigenvalue weighted by molar-refractivity contribution is -0.115. The van der Waals surface area contributed by atoms with Crippen LogP contribution >= 0.6 is 11.8 Å². The first-order valence-corrected chi connectivity index (χ1v) is 6.00. The summed E-state index contributed by atoms with van der Waals surface area (Å²) in [7, 11) is 0. The highest BCUT2D eigenvalue weighted by molar-refractivity contribution is 7.99. The number of nitrogens with zero attached hydrogens (tertiary/aromatic N) is 3. The number of amides is 1. The molecule has 0 atom stereocenters. The average molecular weight is 240 g/mol. The number of aromatic nitrogens is 3. The molecule has 2 N–H and O–H groups in total. The molecular weight excluding hydrogens is 224 g/mol. The van der Waals surface area contributed by atoms with Gasteiger partial charge in [0.05, 0.1) is 5.75 Å². The Morgan fingerprint density at radius 2 is 2.31 bits per heavy atom. The van der Waals surface area contributed by atoms with Crippen LogP contribution in [0.4, 0.5) is 0 Å². The summed E-state index contributed by atoms with van der Waals surface area (Å²) in [5.74, 6) is 1.04. The van der Waals surface area contributed by atoms with Crippen LogP contribution in [0, 0.1) is 0 Å². The van der Waals surface area contributed by atoms with Crippen LogP contribution in [0.5, 0.6) is 0 Å². The fourth-order valence-corrected chi connectivity index (χ4v) is 1.96. The van der Waals surface area contributed by atoms with Gasteiger partial charge in [0.1, 0.15) is 5.82 Å². The normalized spacial score (nSPS) is 10.7. The summed E-state index contributed by atoms with van der Waals surface area (Å²) in [5.41, 5.74) is 5.09. The Hall–Kier alpha value is -1.30. The van der Waals surface area contributed by atoms with E-state index >= 15 is 0 Å². The summed E-state index contributed by atoms with van der Waals surface area (Å²) in [6.07, 6.45) is 1.78. The van der Waals surface area contributed by atoms with Gasteiger partial charge in [0.2, 0.25) is 5.91 Å². The van der Waals surface area contributed by atoms with Crippen molar-refractivity contribution < 1.29 is 4.79 Å². The highest BCUT2D eigenvalue weighted by Gasteiger charge is 2.14. The fourth-order valence-electron chi connectivity index (χ4n) is 1.27. The first-order valence-electron chi connectivity index (χ1n) is 5.01. The van der Waals surface area contributed by atoms with Gasteiger partial charge >= 0.3 is 0 Å². The van der Waals surface area contributed by atoms with Crippen molar-refractivity contribution in [3.8, 4) is 0 Å². The first kappa shape index (κ1) is 12.8. The zero-order valence-corrected chi connectivity index (χ0v) is 10.3. The Labute approximate surface area is 99.1 Å². The van der Waals surface area contributed by atoms with E-state index < -0.39 is 0 Å². The molecule has 0 bridgehead atoms. The van der Waals surface area contributed by atoms with Crippen LogP contribution in [-0.4, -0.2) is 26.4 Å². The molecule has 0 saturated heterocycles. The van der Waals surface area contributed by atoms with Crippen LogP contribution in [0.15, 0.2) is 17.8 Å². The molecule has 1 aromatic rings. The molecule has 1 rings (SSSR count). The third-order valence-corrected chi connectivity index (χ3v) is 2.91. The lowest BCUT2D eigenvalue weighted by Crippen LogP contribution is -2.14. The number of thioether (sulfide) groups is 1. The average Bonchev–Trinajstić information content (AvgIpc) is 2.59. The molecule has 0 spiro atoms. The van der Waals surface area contributed by atoms with Crippen molar-refractivity contribution in [3.63, 3.8) is 0 Å². The van der Waals surface area contributed by atoms with Crippen molar-refractivity contribution in [2.75, 3.05) is 5.75 Å². The molecule has 16 heavy (non-hydrogen) atoms. The smallest absolute Gasteiger partial charge is 0.227 e. The standard InChI is InChI=1S/C10H16N4OS/c1-4-5-14-9(7(2)3)12-13-10(14)16-6-8(11)15/h4,7H,1,5-6H2,2-3H3,(H2,11,15). The molecule has 6 heteroatoms. The SMILES string of the molecule is C=CCn1c(SCC(N)=O)nnc1C(C)C. The topological polar surface area (TPSA) is 73.8 Å². The molecule has 0 aromatic carbocycles. The molecule has 0 aliphatic carbocycles.